The van der Waals surface area contributed by atoms with Gasteiger partial charge < -0.3 is 11.1 Å². The van der Waals surface area contributed by atoms with Crippen molar-refractivity contribution in [3.8, 4) is 0 Å². The molecule has 1 saturated heterocycles. The van der Waals surface area contributed by atoms with E-state index in [2.05, 4.69) is 10.2 Å². The molecule has 0 bridgehead atoms. The number of benzene rings is 1. The highest BCUT2D eigenvalue weighted by Crippen LogP contribution is 2.16. The van der Waals surface area contributed by atoms with Gasteiger partial charge in [0, 0.05) is 44.7 Å². The summed E-state index contributed by atoms with van der Waals surface area (Å²) in [5, 5.41) is 2.93. The first kappa shape index (κ1) is 14.0. The van der Waals surface area contributed by atoms with Gasteiger partial charge in [0.1, 0.15) is 5.82 Å². The molecule has 104 valence electrons. The van der Waals surface area contributed by atoms with E-state index < -0.39 is 0 Å². The number of halogens is 1. The third kappa shape index (κ3) is 3.75. The molecule has 1 unspecified atom stereocenters. The van der Waals surface area contributed by atoms with Crippen LogP contribution in [0.5, 0.6) is 0 Å². The SMILES string of the molecule is CC(=O)NC1CCN(Cc2ccc(F)c(CN)c2)C1. The molecule has 1 atom stereocenters. The summed E-state index contributed by atoms with van der Waals surface area (Å²) >= 11 is 0. The van der Waals surface area contributed by atoms with Gasteiger partial charge in [0.15, 0.2) is 0 Å². The molecule has 1 amide bonds. The third-order valence-electron chi connectivity index (χ3n) is 3.42. The van der Waals surface area contributed by atoms with Gasteiger partial charge in [-0.05, 0) is 18.1 Å². The number of carbonyl (C=O) groups is 1. The molecule has 19 heavy (non-hydrogen) atoms. The van der Waals surface area contributed by atoms with E-state index in [-0.39, 0.29) is 24.3 Å². The van der Waals surface area contributed by atoms with Crippen LogP contribution in [0.1, 0.15) is 24.5 Å². The molecule has 0 radical (unpaired) electrons. The summed E-state index contributed by atoms with van der Waals surface area (Å²) in [7, 11) is 0. The van der Waals surface area contributed by atoms with Crippen LogP contribution in [0.25, 0.3) is 0 Å². The Bertz CT molecular complexity index is 464. The summed E-state index contributed by atoms with van der Waals surface area (Å²) in [5.74, 6) is -0.233. The normalized spacial score (nSPS) is 19.6. The van der Waals surface area contributed by atoms with Gasteiger partial charge in [0.05, 0.1) is 0 Å². The average Bonchev–Trinajstić information content (AvgIpc) is 2.78. The van der Waals surface area contributed by atoms with Gasteiger partial charge in [0.25, 0.3) is 0 Å². The molecule has 1 aliphatic heterocycles. The van der Waals surface area contributed by atoms with Crippen LogP contribution < -0.4 is 11.1 Å². The fourth-order valence-electron chi connectivity index (χ4n) is 2.52. The number of hydrogen-bond donors (Lipinski definition) is 2. The summed E-state index contributed by atoms with van der Waals surface area (Å²) in [5.41, 5.74) is 7.12. The molecular weight excluding hydrogens is 245 g/mol. The Kier molecular flexibility index (Phi) is 4.50. The van der Waals surface area contributed by atoms with Crippen LogP contribution in [0, 0.1) is 5.82 Å². The van der Waals surface area contributed by atoms with Crippen molar-refractivity contribution >= 4 is 5.91 Å². The lowest BCUT2D eigenvalue weighted by atomic mass is 10.1. The first-order chi connectivity index (χ1) is 9.08. The first-order valence-corrected chi connectivity index (χ1v) is 6.55. The number of nitrogens with zero attached hydrogens (tertiary/aromatic N) is 1. The number of nitrogens with two attached hydrogens (primary N) is 1. The lowest BCUT2D eigenvalue weighted by molar-refractivity contribution is -0.119. The topological polar surface area (TPSA) is 58.4 Å². The minimum atomic E-state index is -0.246. The van der Waals surface area contributed by atoms with Crippen molar-refractivity contribution in [2.24, 2.45) is 5.73 Å². The van der Waals surface area contributed by atoms with E-state index in [0.717, 1.165) is 31.6 Å². The van der Waals surface area contributed by atoms with E-state index in [4.69, 9.17) is 5.73 Å². The number of likely N-dealkylation sites (tertiary alicyclic amines) is 1. The maximum absolute atomic E-state index is 13.3. The second-order valence-electron chi connectivity index (χ2n) is 5.05. The van der Waals surface area contributed by atoms with Gasteiger partial charge in [0.2, 0.25) is 5.91 Å². The molecule has 1 heterocycles. The molecule has 1 fully saturated rings. The monoisotopic (exact) mass is 265 g/mol. The lowest BCUT2D eigenvalue weighted by Crippen LogP contribution is -2.35. The Morgan fingerprint density at radius 3 is 3.05 bits per heavy atom. The van der Waals surface area contributed by atoms with Crippen molar-refractivity contribution in [2.75, 3.05) is 13.1 Å². The Balaban J connectivity index is 1.93. The molecule has 1 aromatic carbocycles. The number of hydrogen-bond acceptors (Lipinski definition) is 3. The average molecular weight is 265 g/mol. The molecule has 5 heteroatoms. The van der Waals surface area contributed by atoms with Gasteiger partial charge in [-0.2, -0.15) is 0 Å². The van der Waals surface area contributed by atoms with Crippen molar-refractivity contribution in [3.63, 3.8) is 0 Å². The van der Waals surface area contributed by atoms with Crippen molar-refractivity contribution in [2.45, 2.75) is 32.5 Å². The van der Waals surface area contributed by atoms with Crippen molar-refractivity contribution in [1.82, 2.24) is 10.2 Å². The fourth-order valence-corrected chi connectivity index (χ4v) is 2.52. The predicted octanol–water partition coefficient (Wildman–Crippen LogP) is 0.995. The molecule has 0 spiro atoms. The summed E-state index contributed by atoms with van der Waals surface area (Å²) in [6.45, 7) is 4.31. The molecule has 1 aliphatic rings. The zero-order chi connectivity index (χ0) is 13.8. The van der Waals surface area contributed by atoms with E-state index in [9.17, 15) is 9.18 Å². The highest BCUT2D eigenvalue weighted by Gasteiger charge is 2.22. The molecule has 1 aromatic rings. The Labute approximate surface area is 112 Å². The molecule has 3 N–H and O–H groups in total. The molecule has 0 saturated carbocycles. The van der Waals surface area contributed by atoms with Gasteiger partial charge in [-0.1, -0.05) is 12.1 Å². The van der Waals surface area contributed by atoms with E-state index in [1.807, 2.05) is 6.07 Å². The summed E-state index contributed by atoms with van der Waals surface area (Å²) < 4.78 is 13.3. The fraction of sp³-hybridized carbons (Fsp3) is 0.500. The molecule has 0 aromatic heterocycles. The zero-order valence-corrected chi connectivity index (χ0v) is 11.2. The van der Waals surface area contributed by atoms with Crippen LogP contribution >= 0.6 is 0 Å². The molecular formula is C14H20FN3O. The second-order valence-corrected chi connectivity index (χ2v) is 5.05. The minimum Gasteiger partial charge on any atom is -0.352 e. The van der Waals surface area contributed by atoms with Crippen LogP contribution in [0.4, 0.5) is 4.39 Å². The van der Waals surface area contributed by atoms with Crippen molar-refractivity contribution in [3.05, 3.63) is 35.1 Å². The van der Waals surface area contributed by atoms with E-state index in [1.165, 1.54) is 13.0 Å². The number of amides is 1. The number of nitrogens with one attached hydrogen (secondary N) is 1. The van der Waals surface area contributed by atoms with Gasteiger partial charge >= 0.3 is 0 Å². The molecule has 4 nitrogen and oxygen atoms in total. The highest BCUT2D eigenvalue weighted by atomic mass is 19.1. The van der Waals surface area contributed by atoms with Crippen LogP contribution in [-0.2, 0) is 17.9 Å². The summed E-state index contributed by atoms with van der Waals surface area (Å²) in [6, 6.07) is 5.31. The van der Waals surface area contributed by atoms with Crippen LogP contribution in [0.15, 0.2) is 18.2 Å². The second kappa shape index (κ2) is 6.12. The minimum absolute atomic E-state index is 0.0130. The molecule has 2 rings (SSSR count). The highest BCUT2D eigenvalue weighted by molar-refractivity contribution is 5.73. The quantitative estimate of drug-likeness (QED) is 0.853. The van der Waals surface area contributed by atoms with Crippen molar-refractivity contribution < 1.29 is 9.18 Å². The predicted molar refractivity (Wildman–Crippen MR) is 71.8 cm³/mol. The van der Waals surface area contributed by atoms with Crippen LogP contribution in [0.2, 0.25) is 0 Å². The van der Waals surface area contributed by atoms with E-state index >= 15 is 0 Å². The van der Waals surface area contributed by atoms with Gasteiger partial charge in [-0.25, -0.2) is 4.39 Å². The summed E-state index contributed by atoms with van der Waals surface area (Å²) in [6.07, 6.45) is 0.963. The Morgan fingerprint density at radius 2 is 2.37 bits per heavy atom. The maximum Gasteiger partial charge on any atom is 0.217 e. The van der Waals surface area contributed by atoms with E-state index in [1.54, 1.807) is 6.07 Å². The first-order valence-electron chi connectivity index (χ1n) is 6.55. The van der Waals surface area contributed by atoms with Crippen LogP contribution in [0.3, 0.4) is 0 Å². The smallest absolute Gasteiger partial charge is 0.217 e. The zero-order valence-electron chi connectivity index (χ0n) is 11.2. The van der Waals surface area contributed by atoms with E-state index in [0.29, 0.717) is 5.56 Å². The standard InChI is InChI=1S/C14H20FN3O/c1-10(19)17-13-4-5-18(9-13)8-11-2-3-14(15)12(6-11)7-16/h2-3,6,13H,4-5,7-9,16H2,1H3,(H,17,19). The summed E-state index contributed by atoms with van der Waals surface area (Å²) in [4.78, 5) is 13.3. The van der Waals surface area contributed by atoms with Gasteiger partial charge in [-0.3, -0.25) is 9.69 Å². The van der Waals surface area contributed by atoms with Crippen LogP contribution in [-0.4, -0.2) is 29.9 Å². The largest absolute Gasteiger partial charge is 0.352 e. The number of rotatable bonds is 4. The van der Waals surface area contributed by atoms with Crippen molar-refractivity contribution in [1.29, 1.82) is 0 Å². The number of carbonyl (C=O) groups excluding carboxylic acids is 1. The lowest BCUT2D eigenvalue weighted by Gasteiger charge is -2.17. The Morgan fingerprint density at radius 1 is 1.58 bits per heavy atom. The molecule has 0 aliphatic carbocycles. The maximum atomic E-state index is 13.3. The van der Waals surface area contributed by atoms with Gasteiger partial charge in [-0.15, -0.1) is 0 Å². The Hall–Kier alpha value is -1.46. The third-order valence-corrected chi connectivity index (χ3v) is 3.42.